The Bertz CT molecular complexity index is 607. The fourth-order valence-electron chi connectivity index (χ4n) is 1.74. The van der Waals surface area contributed by atoms with Crippen LogP contribution >= 0.6 is 0 Å². The Hall–Kier alpha value is -2.50. The first-order valence-corrected chi connectivity index (χ1v) is 6.20. The first-order valence-electron chi connectivity index (χ1n) is 6.20. The Morgan fingerprint density at radius 3 is 2.75 bits per heavy atom. The molecule has 0 saturated carbocycles. The van der Waals surface area contributed by atoms with Crippen molar-refractivity contribution in [1.82, 2.24) is 9.78 Å². The molecular formula is C14H16N2O4. The molecule has 0 spiro atoms. The van der Waals surface area contributed by atoms with E-state index in [0.29, 0.717) is 24.7 Å². The van der Waals surface area contributed by atoms with Crippen LogP contribution in [-0.4, -0.2) is 27.5 Å². The maximum Gasteiger partial charge on any atom is 0.335 e. The van der Waals surface area contributed by atoms with Crippen LogP contribution < -0.4 is 9.47 Å². The quantitative estimate of drug-likeness (QED) is 0.874. The molecule has 2 aromatic rings. The van der Waals surface area contributed by atoms with Gasteiger partial charge in [0.25, 0.3) is 0 Å². The van der Waals surface area contributed by atoms with Crippen molar-refractivity contribution >= 4 is 5.97 Å². The fourth-order valence-corrected chi connectivity index (χ4v) is 1.74. The molecule has 0 aliphatic heterocycles. The molecule has 6 nitrogen and oxygen atoms in total. The van der Waals surface area contributed by atoms with E-state index in [1.165, 1.54) is 12.1 Å². The minimum atomic E-state index is -0.996. The van der Waals surface area contributed by atoms with Crippen molar-refractivity contribution in [3.63, 3.8) is 0 Å². The van der Waals surface area contributed by atoms with Crippen molar-refractivity contribution < 1.29 is 19.4 Å². The van der Waals surface area contributed by atoms with Gasteiger partial charge in [0, 0.05) is 18.8 Å². The predicted octanol–water partition coefficient (Wildman–Crippen LogP) is 2.10. The molecule has 1 aromatic heterocycles. The van der Waals surface area contributed by atoms with Gasteiger partial charge >= 0.3 is 5.97 Å². The van der Waals surface area contributed by atoms with Crippen molar-refractivity contribution in [3.05, 3.63) is 41.7 Å². The lowest BCUT2D eigenvalue weighted by Crippen LogP contribution is -2.02. The molecule has 1 heterocycles. The molecule has 0 atom stereocenters. The molecule has 6 heteroatoms. The van der Waals surface area contributed by atoms with E-state index >= 15 is 0 Å². The van der Waals surface area contributed by atoms with Crippen LogP contribution in [0.4, 0.5) is 0 Å². The van der Waals surface area contributed by atoms with Gasteiger partial charge in [-0.3, -0.25) is 4.68 Å². The summed E-state index contributed by atoms with van der Waals surface area (Å²) in [5, 5.41) is 13.0. The lowest BCUT2D eigenvalue weighted by molar-refractivity contribution is 0.0696. The first-order chi connectivity index (χ1) is 9.60. The third-order valence-corrected chi connectivity index (χ3v) is 2.64. The normalized spacial score (nSPS) is 10.3. The predicted molar refractivity (Wildman–Crippen MR) is 72.1 cm³/mol. The van der Waals surface area contributed by atoms with E-state index in [0.717, 1.165) is 5.56 Å². The maximum absolute atomic E-state index is 10.9. The van der Waals surface area contributed by atoms with Crippen molar-refractivity contribution in [2.45, 2.75) is 13.5 Å². The highest BCUT2D eigenvalue weighted by atomic mass is 16.5. The van der Waals surface area contributed by atoms with Gasteiger partial charge < -0.3 is 14.6 Å². The van der Waals surface area contributed by atoms with E-state index in [-0.39, 0.29) is 5.56 Å². The minimum Gasteiger partial charge on any atom is -0.490 e. The molecule has 1 aromatic carbocycles. The van der Waals surface area contributed by atoms with Crippen LogP contribution in [0.3, 0.4) is 0 Å². The number of hydrogen-bond donors (Lipinski definition) is 1. The molecule has 0 radical (unpaired) electrons. The number of rotatable bonds is 6. The number of aromatic carboxylic acids is 1. The summed E-state index contributed by atoms with van der Waals surface area (Å²) in [6.07, 6.45) is 3.57. The molecule has 0 aliphatic rings. The highest BCUT2D eigenvalue weighted by molar-refractivity contribution is 5.88. The lowest BCUT2D eigenvalue weighted by atomic mass is 10.2. The van der Waals surface area contributed by atoms with Crippen molar-refractivity contribution in [2.75, 3.05) is 6.61 Å². The third-order valence-electron chi connectivity index (χ3n) is 2.64. The molecule has 2 rings (SSSR count). The van der Waals surface area contributed by atoms with Gasteiger partial charge in [-0.15, -0.1) is 0 Å². The molecule has 20 heavy (non-hydrogen) atoms. The van der Waals surface area contributed by atoms with E-state index in [4.69, 9.17) is 14.6 Å². The fraction of sp³-hybridized carbons (Fsp3) is 0.286. The van der Waals surface area contributed by atoms with Crippen LogP contribution in [0.1, 0.15) is 22.8 Å². The Morgan fingerprint density at radius 1 is 1.35 bits per heavy atom. The number of hydrogen-bond acceptors (Lipinski definition) is 4. The van der Waals surface area contributed by atoms with Crippen LogP contribution in [0.25, 0.3) is 0 Å². The Labute approximate surface area is 116 Å². The molecule has 0 fully saturated rings. The number of aromatic nitrogens is 2. The van der Waals surface area contributed by atoms with E-state index in [9.17, 15) is 4.79 Å². The third kappa shape index (κ3) is 3.28. The zero-order valence-corrected chi connectivity index (χ0v) is 11.4. The molecular weight excluding hydrogens is 260 g/mol. The molecule has 0 bridgehead atoms. The number of carboxylic acid groups (broad SMARTS) is 1. The van der Waals surface area contributed by atoms with Gasteiger partial charge in [-0.05, 0) is 25.1 Å². The molecule has 0 amide bonds. The minimum absolute atomic E-state index is 0.169. The van der Waals surface area contributed by atoms with Crippen molar-refractivity contribution in [3.8, 4) is 11.5 Å². The number of carboxylic acids is 1. The van der Waals surface area contributed by atoms with Gasteiger partial charge in [-0.1, -0.05) is 0 Å². The monoisotopic (exact) mass is 276 g/mol. The smallest absolute Gasteiger partial charge is 0.335 e. The van der Waals surface area contributed by atoms with Crippen LogP contribution in [0.5, 0.6) is 11.5 Å². The first kappa shape index (κ1) is 13.9. The Morgan fingerprint density at radius 2 is 2.15 bits per heavy atom. The molecule has 0 unspecified atom stereocenters. The summed E-state index contributed by atoms with van der Waals surface area (Å²) in [5.74, 6) is -0.0539. The second-order valence-corrected chi connectivity index (χ2v) is 4.21. The average Bonchev–Trinajstić information content (AvgIpc) is 2.83. The molecule has 1 N–H and O–H groups in total. The van der Waals surface area contributed by atoms with Crippen LogP contribution in [0.2, 0.25) is 0 Å². The van der Waals surface area contributed by atoms with Gasteiger partial charge in [0.15, 0.2) is 11.5 Å². The van der Waals surface area contributed by atoms with Crippen molar-refractivity contribution in [1.29, 1.82) is 0 Å². The van der Waals surface area contributed by atoms with Gasteiger partial charge in [0.2, 0.25) is 0 Å². The summed E-state index contributed by atoms with van der Waals surface area (Å²) in [6.45, 7) is 2.62. The summed E-state index contributed by atoms with van der Waals surface area (Å²) in [6, 6.07) is 4.55. The van der Waals surface area contributed by atoms with Gasteiger partial charge in [-0.2, -0.15) is 5.10 Å². The van der Waals surface area contributed by atoms with Gasteiger partial charge in [0.1, 0.15) is 6.61 Å². The van der Waals surface area contributed by atoms with Crippen LogP contribution in [-0.2, 0) is 13.7 Å². The number of nitrogens with zero attached hydrogens (tertiary/aromatic N) is 2. The summed E-state index contributed by atoms with van der Waals surface area (Å²) in [4.78, 5) is 10.9. The zero-order valence-electron chi connectivity index (χ0n) is 11.4. The number of carbonyl (C=O) groups is 1. The largest absolute Gasteiger partial charge is 0.490 e. The summed E-state index contributed by atoms with van der Waals surface area (Å²) in [7, 11) is 1.83. The number of benzene rings is 1. The van der Waals surface area contributed by atoms with E-state index < -0.39 is 5.97 Å². The summed E-state index contributed by atoms with van der Waals surface area (Å²) >= 11 is 0. The zero-order chi connectivity index (χ0) is 14.5. The maximum atomic E-state index is 10.9. The Kier molecular flexibility index (Phi) is 4.24. The van der Waals surface area contributed by atoms with Crippen LogP contribution in [0, 0.1) is 0 Å². The second kappa shape index (κ2) is 6.10. The summed E-state index contributed by atoms with van der Waals surface area (Å²) < 4.78 is 12.8. The van der Waals surface area contributed by atoms with Crippen LogP contribution in [0.15, 0.2) is 30.6 Å². The SMILES string of the molecule is CCOc1cc(C(=O)O)ccc1OCc1cnn(C)c1. The van der Waals surface area contributed by atoms with E-state index in [1.807, 2.05) is 20.2 Å². The highest BCUT2D eigenvalue weighted by Crippen LogP contribution is 2.29. The standard InChI is InChI=1S/C14H16N2O4/c1-3-19-13-6-11(14(17)18)4-5-12(13)20-9-10-7-15-16(2)8-10/h4-8H,3,9H2,1-2H3,(H,17,18). The number of aryl methyl sites for hydroxylation is 1. The number of ether oxygens (including phenoxy) is 2. The highest BCUT2D eigenvalue weighted by Gasteiger charge is 2.11. The van der Waals surface area contributed by atoms with Gasteiger partial charge in [0.05, 0.1) is 18.4 Å². The molecule has 0 saturated heterocycles. The molecule has 106 valence electrons. The van der Waals surface area contributed by atoms with Gasteiger partial charge in [-0.25, -0.2) is 4.79 Å². The molecule has 0 aliphatic carbocycles. The second-order valence-electron chi connectivity index (χ2n) is 4.21. The Balaban J connectivity index is 2.15. The van der Waals surface area contributed by atoms with E-state index in [2.05, 4.69) is 5.10 Å². The topological polar surface area (TPSA) is 73.6 Å². The summed E-state index contributed by atoms with van der Waals surface area (Å²) in [5.41, 5.74) is 1.10. The van der Waals surface area contributed by atoms with E-state index in [1.54, 1.807) is 16.9 Å². The average molecular weight is 276 g/mol. The lowest BCUT2D eigenvalue weighted by Gasteiger charge is -2.11. The van der Waals surface area contributed by atoms with Crippen molar-refractivity contribution in [2.24, 2.45) is 7.05 Å².